The van der Waals surface area contributed by atoms with Gasteiger partial charge in [-0.2, -0.15) is 0 Å². The van der Waals surface area contributed by atoms with E-state index >= 15 is 0 Å². The molecule has 0 aromatic carbocycles. The summed E-state index contributed by atoms with van der Waals surface area (Å²) in [4.78, 5) is 0.450. The van der Waals surface area contributed by atoms with Crippen molar-refractivity contribution >= 4 is 47.8 Å². The number of unbranched alkanes of at least 4 members (excludes halogenated alkanes) is 1. The van der Waals surface area contributed by atoms with E-state index in [1.165, 1.54) is 6.42 Å². The maximum atomic E-state index is 5.39. The van der Waals surface area contributed by atoms with Gasteiger partial charge in [-0.15, -0.1) is 0 Å². The van der Waals surface area contributed by atoms with E-state index in [4.69, 9.17) is 4.74 Å². The number of ether oxygens (including phenoxy) is 1. The first kappa shape index (κ1) is 12.4. The van der Waals surface area contributed by atoms with Crippen molar-refractivity contribution < 1.29 is 4.74 Å². The molecule has 0 heterocycles. The monoisotopic (exact) mass is 350 g/mol. The van der Waals surface area contributed by atoms with Crippen LogP contribution < -0.4 is 0 Å². The van der Waals surface area contributed by atoms with Crippen LogP contribution in [0.5, 0.6) is 0 Å². The van der Waals surface area contributed by atoms with E-state index in [9.17, 15) is 0 Å². The maximum absolute atomic E-state index is 5.39. The van der Waals surface area contributed by atoms with Gasteiger partial charge in [-0.25, -0.2) is 0 Å². The summed E-state index contributed by atoms with van der Waals surface area (Å²) in [6, 6.07) is 0. The summed E-state index contributed by atoms with van der Waals surface area (Å²) in [5, 5.41) is 2.03. The molecular weight excluding hydrogens is 340 g/mol. The zero-order valence-electron chi connectivity index (χ0n) is 6.36. The number of hydrogen-bond donors (Lipinski definition) is 0. The van der Waals surface area contributed by atoms with E-state index in [0.29, 0.717) is 4.83 Å². The smallest absolute Gasteiger partial charge is 0.0599 e. The zero-order valence-corrected chi connectivity index (χ0v) is 11.1. The first-order valence-electron chi connectivity index (χ1n) is 3.65. The topological polar surface area (TPSA) is 9.23 Å². The molecule has 0 bridgehead atoms. The molecule has 0 amide bonds. The second-order valence-electron chi connectivity index (χ2n) is 2.22. The highest BCUT2D eigenvalue weighted by Gasteiger charge is 1.99. The largest absolute Gasteiger partial charge is 0.380 e. The molecule has 68 valence electrons. The van der Waals surface area contributed by atoms with Gasteiger partial charge in [-0.1, -0.05) is 47.8 Å². The van der Waals surface area contributed by atoms with Crippen molar-refractivity contribution in [1.29, 1.82) is 0 Å². The summed E-state index contributed by atoms with van der Waals surface area (Å²) in [5.74, 6) is 0. The second kappa shape index (κ2) is 9.49. The first-order valence-corrected chi connectivity index (χ1v) is 6.81. The van der Waals surface area contributed by atoms with Gasteiger partial charge in [0.1, 0.15) is 0 Å². The molecule has 0 N–H and O–H groups in total. The molecule has 11 heavy (non-hydrogen) atoms. The number of rotatable bonds is 7. The lowest BCUT2D eigenvalue weighted by Crippen LogP contribution is -2.10. The number of hydrogen-bond acceptors (Lipinski definition) is 1. The van der Waals surface area contributed by atoms with Crippen LogP contribution in [0.1, 0.15) is 12.8 Å². The third-order valence-corrected chi connectivity index (χ3v) is 3.94. The van der Waals surface area contributed by atoms with Crippen LogP contribution in [0.15, 0.2) is 0 Å². The minimum absolute atomic E-state index is 0.450. The summed E-state index contributed by atoms with van der Waals surface area (Å²) in [7, 11) is 0. The van der Waals surface area contributed by atoms with Gasteiger partial charge in [-0.3, -0.25) is 0 Å². The molecule has 0 saturated carbocycles. The Morgan fingerprint density at radius 1 is 1.18 bits per heavy atom. The molecule has 0 aliphatic carbocycles. The zero-order chi connectivity index (χ0) is 8.53. The molecule has 0 aliphatic heterocycles. The van der Waals surface area contributed by atoms with Crippen molar-refractivity contribution in [2.75, 3.05) is 23.9 Å². The third kappa shape index (κ3) is 9.31. The van der Waals surface area contributed by atoms with Gasteiger partial charge in [0.25, 0.3) is 0 Å². The van der Waals surface area contributed by atoms with E-state index in [1.807, 2.05) is 0 Å². The van der Waals surface area contributed by atoms with Gasteiger partial charge < -0.3 is 4.74 Å². The molecule has 1 atom stereocenters. The minimum atomic E-state index is 0.450. The van der Waals surface area contributed by atoms with Crippen molar-refractivity contribution in [2.45, 2.75) is 17.7 Å². The Morgan fingerprint density at radius 2 is 1.91 bits per heavy atom. The van der Waals surface area contributed by atoms with Crippen LogP contribution in [-0.4, -0.2) is 28.7 Å². The van der Waals surface area contributed by atoms with Crippen molar-refractivity contribution in [1.82, 2.24) is 0 Å². The van der Waals surface area contributed by atoms with Gasteiger partial charge in [-0.05, 0) is 12.8 Å². The Balaban J connectivity index is 2.89. The Labute approximate surface area is 93.6 Å². The maximum Gasteiger partial charge on any atom is 0.0599 e. The Morgan fingerprint density at radius 3 is 2.45 bits per heavy atom. The van der Waals surface area contributed by atoms with E-state index < -0.39 is 0 Å². The normalized spacial score (nSPS) is 13.4. The van der Waals surface area contributed by atoms with Crippen LogP contribution in [0.25, 0.3) is 0 Å². The molecule has 0 fully saturated rings. The summed E-state index contributed by atoms with van der Waals surface area (Å²) in [6.07, 6.45) is 2.34. The molecule has 1 unspecified atom stereocenters. The van der Waals surface area contributed by atoms with Crippen LogP contribution in [0.3, 0.4) is 0 Å². The Bertz CT molecular complexity index is 80.1. The summed E-state index contributed by atoms with van der Waals surface area (Å²) in [5.41, 5.74) is 0. The first-order chi connectivity index (χ1) is 5.31. The van der Waals surface area contributed by atoms with Crippen molar-refractivity contribution in [3.8, 4) is 0 Å². The summed E-state index contributed by atoms with van der Waals surface area (Å²) in [6.45, 7) is 1.67. The third-order valence-electron chi connectivity index (χ3n) is 1.14. The van der Waals surface area contributed by atoms with Gasteiger partial charge in [0, 0.05) is 22.1 Å². The van der Waals surface area contributed by atoms with Crippen LogP contribution >= 0.6 is 47.8 Å². The van der Waals surface area contributed by atoms with E-state index in [-0.39, 0.29) is 0 Å². The van der Waals surface area contributed by atoms with Crippen molar-refractivity contribution in [3.63, 3.8) is 0 Å². The van der Waals surface area contributed by atoms with Crippen LogP contribution in [0, 0.1) is 0 Å². The molecule has 0 saturated heterocycles. The lowest BCUT2D eigenvalue weighted by Gasteiger charge is -2.06. The van der Waals surface area contributed by atoms with Crippen LogP contribution in [-0.2, 0) is 4.74 Å². The van der Waals surface area contributed by atoms with Gasteiger partial charge in [0.15, 0.2) is 0 Å². The van der Waals surface area contributed by atoms with Gasteiger partial charge in [0.2, 0.25) is 0 Å². The van der Waals surface area contributed by atoms with E-state index in [1.54, 1.807) is 0 Å². The SMILES string of the molecule is BrCCCCOCC(Br)CBr. The lowest BCUT2D eigenvalue weighted by atomic mass is 10.4. The molecule has 0 aromatic heterocycles. The molecule has 1 nitrogen and oxygen atoms in total. The highest BCUT2D eigenvalue weighted by atomic mass is 79.9. The van der Waals surface area contributed by atoms with Crippen LogP contribution in [0.2, 0.25) is 0 Å². The molecule has 4 heteroatoms. The molecule has 0 aromatic rings. The van der Waals surface area contributed by atoms with Crippen LogP contribution in [0.4, 0.5) is 0 Å². The summed E-state index contributed by atoms with van der Waals surface area (Å²) < 4.78 is 5.39. The highest BCUT2D eigenvalue weighted by Crippen LogP contribution is 2.04. The average molecular weight is 353 g/mol. The second-order valence-corrected chi connectivity index (χ2v) is 4.96. The standard InChI is InChI=1S/C7H13Br3O/c8-3-1-2-4-11-6-7(10)5-9/h7H,1-6H2. The molecule has 0 spiro atoms. The molecule has 0 radical (unpaired) electrons. The lowest BCUT2D eigenvalue weighted by molar-refractivity contribution is 0.137. The van der Waals surface area contributed by atoms with Crippen molar-refractivity contribution in [2.24, 2.45) is 0 Å². The summed E-state index contributed by atoms with van der Waals surface area (Å²) >= 11 is 10.2. The van der Waals surface area contributed by atoms with Gasteiger partial charge in [0.05, 0.1) is 6.61 Å². The van der Waals surface area contributed by atoms with Crippen molar-refractivity contribution in [3.05, 3.63) is 0 Å². The fourth-order valence-corrected chi connectivity index (χ4v) is 1.32. The van der Waals surface area contributed by atoms with E-state index in [2.05, 4.69) is 47.8 Å². The fourth-order valence-electron chi connectivity index (χ4n) is 0.554. The molecule has 0 rings (SSSR count). The minimum Gasteiger partial charge on any atom is -0.380 e. The Hall–Kier alpha value is 1.40. The quantitative estimate of drug-likeness (QED) is 0.504. The van der Waals surface area contributed by atoms with Gasteiger partial charge >= 0.3 is 0 Å². The number of halogens is 3. The fraction of sp³-hybridized carbons (Fsp3) is 1.00. The predicted octanol–water partition coefficient (Wildman–Crippen LogP) is 3.34. The highest BCUT2D eigenvalue weighted by molar-refractivity contribution is 9.12. The molecular formula is C7H13Br3O. The van der Waals surface area contributed by atoms with E-state index in [0.717, 1.165) is 30.3 Å². The predicted molar refractivity (Wildman–Crippen MR) is 60.4 cm³/mol. The molecule has 0 aliphatic rings. The Kier molecular flexibility index (Phi) is 10.7. The average Bonchev–Trinajstić information content (AvgIpc) is 2.04. The number of alkyl halides is 3.